The van der Waals surface area contributed by atoms with Crippen LogP contribution in [-0.2, 0) is 0 Å². The van der Waals surface area contributed by atoms with Crippen molar-refractivity contribution in [2.75, 3.05) is 6.61 Å². The number of hydrogen-bond acceptors (Lipinski definition) is 1. The zero-order valence-electron chi connectivity index (χ0n) is 8.21. The lowest BCUT2D eigenvalue weighted by atomic mass is 9.72. The summed E-state index contributed by atoms with van der Waals surface area (Å²) >= 11 is 0. The third-order valence-electron chi connectivity index (χ3n) is 4.30. The van der Waals surface area contributed by atoms with Crippen LogP contribution in [0.4, 0.5) is 0 Å². The zero-order valence-corrected chi connectivity index (χ0v) is 8.21. The summed E-state index contributed by atoms with van der Waals surface area (Å²) in [5.74, 6) is 2.42. The van der Waals surface area contributed by atoms with E-state index >= 15 is 0 Å². The molecule has 0 radical (unpaired) electrons. The van der Waals surface area contributed by atoms with Crippen LogP contribution in [-0.4, -0.2) is 11.7 Å². The molecule has 2 aliphatic carbocycles. The monoisotopic (exact) mass is 168 g/mol. The number of aliphatic hydroxyl groups is 1. The Hall–Kier alpha value is -0.0400. The molecule has 0 amide bonds. The Kier molecular flexibility index (Phi) is 1.95. The predicted molar refractivity (Wildman–Crippen MR) is 49.8 cm³/mol. The molecule has 0 bridgehead atoms. The minimum Gasteiger partial charge on any atom is -0.396 e. The van der Waals surface area contributed by atoms with Gasteiger partial charge in [-0.3, -0.25) is 0 Å². The molecule has 2 aliphatic rings. The van der Waals surface area contributed by atoms with Gasteiger partial charge < -0.3 is 5.11 Å². The second kappa shape index (κ2) is 2.73. The molecular weight excluding hydrogens is 148 g/mol. The Morgan fingerprint density at radius 3 is 2.58 bits per heavy atom. The van der Waals surface area contributed by atoms with Crippen molar-refractivity contribution in [3.8, 4) is 0 Å². The number of hydrogen-bond donors (Lipinski definition) is 1. The van der Waals surface area contributed by atoms with Gasteiger partial charge in [0.05, 0.1) is 0 Å². The normalized spacial score (nSPS) is 52.8. The van der Waals surface area contributed by atoms with Crippen molar-refractivity contribution in [3.63, 3.8) is 0 Å². The first kappa shape index (κ1) is 8.55. The second-order valence-corrected chi connectivity index (χ2v) is 5.10. The van der Waals surface area contributed by atoms with Crippen LogP contribution >= 0.6 is 0 Å². The molecule has 0 aromatic rings. The molecule has 1 heteroatoms. The molecule has 0 heterocycles. The highest BCUT2D eigenvalue weighted by Gasteiger charge is 2.57. The number of aliphatic hydroxyl groups excluding tert-OH is 1. The summed E-state index contributed by atoms with van der Waals surface area (Å²) in [4.78, 5) is 0. The highest BCUT2D eigenvalue weighted by atomic mass is 16.3. The van der Waals surface area contributed by atoms with Crippen LogP contribution in [0.2, 0.25) is 0 Å². The Bertz CT molecular complexity index is 178. The van der Waals surface area contributed by atoms with Crippen molar-refractivity contribution in [1.29, 1.82) is 0 Å². The first-order chi connectivity index (χ1) is 5.69. The SMILES string of the molecule is CC1CCC(C)C2(C1)CC2CO. The Morgan fingerprint density at radius 1 is 1.25 bits per heavy atom. The van der Waals surface area contributed by atoms with Crippen LogP contribution in [0.1, 0.15) is 39.5 Å². The molecule has 0 aliphatic heterocycles. The van der Waals surface area contributed by atoms with Crippen LogP contribution in [0.15, 0.2) is 0 Å². The molecule has 0 aromatic carbocycles. The van der Waals surface area contributed by atoms with E-state index < -0.39 is 0 Å². The molecule has 1 spiro atoms. The molecule has 0 saturated heterocycles. The lowest BCUT2D eigenvalue weighted by Gasteiger charge is -2.34. The van der Waals surface area contributed by atoms with Crippen molar-refractivity contribution in [3.05, 3.63) is 0 Å². The average Bonchev–Trinajstić information content (AvgIpc) is 2.73. The molecular formula is C11H20O. The summed E-state index contributed by atoms with van der Waals surface area (Å²) in [6, 6.07) is 0. The fourth-order valence-corrected chi connectivity index (χ4v) is 3.27. The highest BCUT2D eigenvalue weighted by Crippen LogP contribution is 2.64. The smallest absolute Gasteiger partial charge is 0.0464 e. The van der Waals surface area contributed by atoms with Gasteiger partial charge in [-0.25, -0.2) is 0 Å². The van der Waals surface area contributed by atoms with Gasteiger partial charge in [0.15, 0.2) is 0 Å². The van der Waals surface area contributed by atoms with Gasteiger partial charge in [0.1, 0.15) is 0 Å². The second-order valence-electron chi connectivity index (χ2n) is 5.10. The minimum atomic E-state index is 0.428. The van der Waals surface area contributed by atoms with Crippen molar-refractivity contribution >= 4 is 0 Å². The van der Waals surface area contributed by atoms with Gasteiger partial charge in [0.2, 0.25) is 0 Å². The Morgan fingerprint density at radius 2 is 2.00 bits per heavy atom. The summed E-state index contributed by atoms with van der Waals surface area (Å²) in [5, 5.41) is 9.13. The summed E-state index contributed by atoms with van der Waals surface area (Å²) in [5.41, 5.74) is 0.576. The molecule has 1 nitrogen and oxygen atoms in total. The third-order valence-corrected chi connectivity index (χ3v) is 4.30. The van der Waals surface area contributed by atoms with Crippen molar-refractivity contribution in [2.45, 2.75) is 39.5 Å². The predicted octanol–water partition coefficient (Wildman–Crippen LogP) is 2.44. The van der Waals surface area contributed by atoms with E-state index in [9.17, 15) is 0 Å². The van der Waals surface area contributed by atoms with E-state index in [2.05, 4.69) is 13.8 Å². The van der Waals surface area contributed by atoms with E-state index in [0.717, 1.165) is 11.8 Å². The topological polar surface area (TPSA) is 20.2 Å². The molecule has 2 fully saturated rings. The third kappa shape index (κ3) is 1.10. The minimum absolute atomic E-state index is 0.428. The van der Waals surface area contributed by atoms with Crippen LogP contribution in [0, 0.1) is 23.2 Å². The molecule has 70 valence electrons. The van der Waals surface area contributed by atoms with E-state index in [1.165, 1.54) is 25.7 Å². The fraction of sp³-hybridized carbons (Fsp3) is 1.00. The van der Waals surface area contributed by atoms with Gasteiger partial charge in [0, 0.05) is 6.61 Å². The molecule has 4 unspecified atom stereocenters. The van der Waals surface area contributed by atoms with E-state index in [0.29, 0.717) is 17.9 Å². The van der Waals surface area contributed by atoms with Crippen LogP contribution in [0.5, 0.6) is 0 Å². The summed E-state index contributed by atoms with van der Waals surface area (Å²) in [6.07, 6.45) is 5.47. The first-order valence-electron chi connectivity index (χ1n) is 5.30. The standard InChI is InChI=1S/C11H20O/c1-8-3-4-9(2)11(5-8)6-10(11)7-12/h8-10,12H,3-7H2,1-2H3. The van der Waals surface area contributed by atoms with Gasteiger partial charge in [0.25, 0.3) is 0 Å². The van der Waals surface area contributed by atoms with E-state index in [1.807, 2.05) is 0 Å². The summed E-state index contributed by atoms with van der Waals surface area (Å²) in [7, 11) is 0. The molecule has 4 atom stereocenters. The highest BCUT2D eigenvalue weighted by molar-refractivity contribution is 5.07. The maximum atomic E-state index is 9.13. The quantitative estimate of drug-likeness (QED) is 0.637. The van der Waals surface area contributed by atoms with Crippen molar-refractivity contribution < 1.29 is 5.11 Å². The lowest BCUT2D eigenvalue weighted by Crippen LogP contribution is -2.25. The molecule has 0 aromatic heterocycles. The van der Waals surface area contributed by atoms with Crippen LogP contribution in [0.3, 0.4) is 0 Å². The van der Waals surface area contributed by atoms with Crippen molar-refractivity contribution in [1.82, 2.24) is 0 Å². The van der Waals surface area contributed by atoms with E-state index in [4.69, 9.17) is 5.11 Å². The van der Waals surface area contributed by atoms with E-state index in [-0.39, 0.29) is 0 Å². The van der Waals surface area contributed by atoms with Gasteiger partial charge in [-0.05, 0) is 42.4 Å². The van der Waals surface area contributed by atoms with E-state index in [1.54, 1.807) is 0 Å². The molecule has 2 saturated carbocycles. The largest absolute Gasteiger partial charge is 0.396 e. The molecule has 12 heavy (non-hydrogen) atoms. The molecule has 2 rings (SSSR count). The van der Waals surface area contributed by atoms with Gasteiger partial charge in [-0.1, -0.05) is 20.3 Å². The van der Waals surface area contributed by atoms with Crippen molar-refractivity contribution in [2.24, 2.45) is 23.2 Å². The average molecular weight is 168 g/mol. The summed E-state index contributed by atoms with van der Waals surface area (Å²) < 4.78 is 0. The number of rotatable bonds is 1. The van der Waals surface area contributed by atoms with Gasteiger partial charge in [-0.15, -0.1) is 0 Å². The maximum Gasteiger partial charge on any atom is 0.0464 e. The fourth-order valence-electron chi connectivity index (χ4n) is 3.27. The molecule has 1 N–H and O–H groups in total. The van der Waals surface area contributed by atoms with Crippen LogP contribution < -0.4 is 0 Å². The first-order valence-corrected chi connectivity index (χ1v) is 5.30. The lowest BCUT2D eigenvalue weighted by molar-refractivity contribution is 0.140. The Balaban J connectivity index is 2.04. The van der Waals surface area contributed by atoms with Gasteiger partial charge in [-0.2, -0.15) is 0 Å². The Labute approximate surface area is 75.2 Å². The maximum absolute atomic E-state index is 9.13. The van der Waals surface area contributed by atoms with Crippen LogP contribution in [0.25, 0.3) is 0 Å². The summed E-state index contributed by atoms with van der Waals surface area (Å²) in [6.45, 7) is 5.17. The zero-order chi connectivity index (χ0) is 8.77. The van der Waals surface area contributed by atoms with Gasteiger partial charge >= 0.3 is 0 Å².